The van der Waals surface area contributed by atoms with Crippen molar-refractivity contribution in [3.63, 3.8) is 0 Å². The van der Waals surface area contributed by atoms with Gasteiger partial charge in [0.1, 0.15) is 0 Å². The van der Waals surface area contributed by atoms with Crippen LogP contribution >= 0.6 is 23.1 Å². The highest BCUT2D eigenvalue weighted by Gasteiger charge is 2.12. The van der Waals surface area contributed by atoms with E-state index < -0.39 is 0 Å². The van der Waals surface area contributed by atoms with Crippen LogP contribution in [-0.2, 0) is 5.75 Å². The molecule has 4 N–H and O–H groups in total. The van der Waals surface area contributed by atoms with Crippen molar-refractivity contribution in [2.45, 2.75) is 12.7 Å². The standard InChI is InChI=1S/C10H16N2O2S2/c1-7(4-13)5-15-6-8-2-3-16-9(8)10(14)12-11/h2-3,7,13H,4-6,11H2,1H3,(H,12,14). The number of hydrazine groups is 1. The average Bonchev–Trinajstić information content (AvgIpc) is 2.76. The quantitative estimate of drug-likeness (QED) is 0.408. The topological polar surface area (TPSA) is 75.3 Å². The lowest BCUT2D eigenvalue weighted by Crippen LogP contribution is -2.29. The molecular weight excluding hydrogens is 244 g/mol. The first-order valence-corrected chi connectivity index (χ1v) is 6.98. The number of hydrogen-bond donors (Lipinski definition) is 3. The lowest BCUT2D eigenvalue weighted by Gasteiger charge is -2.07. The van der Waals surface area contributed by atoms with Gasteiger partial charge < -0.3 is 5.11 Å². The van der Waals surface area contributed by atoms with Crippen molar-refractivity contribution in [1.29, 1.82) is 0 Å². The van der Waals surface area contributed by atoms with E-state index in [9.17, 15) is 4.79 Å². The number of nitrogen functional groups attached to an aromatic ring is 1. The van der Waals surface area contributed by atoms with E-state index in [-0.39, 0.29) is 18.4 Å². The second kappa shape index (κ2) is 6.90. The fourth-order valence-corrected chi connectivity index (χ4v) is 3.14. The Morgan fingerprint density at radius 3 is 3.12 bits per heavy atom. The van der Waals surface area contributed by atoms with E-state index >= 15 is 0 Å². The molecule has 1 heterocycles. The summed E-state index contributed by atoms with van der Waals surface area (Å²) in [5.74, 6) is 6.81. The summed E-state index contributed by atoms with van der Waals surface area (Å²) in [5, 5.41) is 10.8. The summed E-state index contributed by atoms with van der Waals surface area (Å²) in [6.45, 7) is 2.20. The van der Waals surface area contributed by atoms with E-state index in [1.807, 2.05) is 18.4 Å². The molecule has 16 heavy (non-hydrogen) atoms. The number of nitrogens with one attached hydrogen (secondary N) is 1. The fourth-order valence-electron chi connectivity index (χ4n) is 1.14. The molecular formula is C10H16N2O2S2. The van der Waals surface area contributed by atoms with E-state index in [1.54, 1.807) is 11.8 Å². The molecule has 0 radical (unpaired) electrons. The third kappa shape index (κ3) is 3.79. The Morgan fingerprint density at radius 2 is 2.50 bits per heavy atom. The van der Waals surface area contributed by atoms with Crippen molar-refractivity contribution >= 4 is 29.0 Å². The van der Waals surface area contributed by atoms with Crippen LogP contribution in [0.1, 0.15) is 22.2 Å². The van der Waals surface area contributed by atoms with Crippen LogP contribution in [0.5, 0.6) is 0 Å². The number of carbonyl (C=O) groups is 1. The Morgan fingerprint density at radius 1 is 1.75 bits per heavy atom. The first-order valence-electron chi connectivity index (χ1n) is 4.95. The molecule has 0 bridgehead atoms. The van der Waals surface area contributed by atoms with Crippen molar-refractivity contribution in [3.05, 3.63) is 21.9 Å². The molecule has 0 aliphatic carbocycles. The van der Waals surface area contributed by atoms with Gasteiger partial charge in [-0.2, -0.15) is 11.8 Å². The van der Waals surface area contributed by atoms with E-state index in [1.165, 1.54) is 11.3 Å². The fraction of sp³-hybridized carbons (Fsp3) is 0.500. The van der Waals surface area contributed by atoms with Gasteiger partial charge >= 0.3 is 0 Å². The normalized spacial score (nSPS) is 12.4. The molecule has 4 nitrogen and oxygen atoms in total. The highest BCUT2D eigenvalue weighted by molar-refractivity contribution is 7.98. The first-order chi connectivity index (χ1) is 7.69. The van der Waals surface area contributed by atoms with Crippen LogP contribution in [0.25, 0.3) is 0 Å². The Labute approximate surface area is 103 Å². The van der Waals surface area contributed by atoms with E-state index in [4.69, 9.17) is 10.9 Å². The zero-order chi connectivity index (χ0) is 12.0. The van der Waals surface area contributed by atoms with Crippen LogP contribution in [0.2, 0.25) is 0 Å². The highest BCUT2D eigenvalue weighted by atomic mass is 32.2. The predicted octanol–water partition coefficient (Wildman–Crippen LogP) is 1.21. The molecule has 1 atom stereocenters. The molecule has 1 unspecified atom stereocenters. The van der Waals surface area contributed by atoms with Crippen molar-refractivity contribution in [3.8, 4) is 0 Å². The Bertz CT molecular complexity index is 341. The van der Waals surface area contributed by atoms with Gasteiger partial charge in [-0.3, -0.25) is 10.2 Å². The summed E-state index contributed by atoms with van der Waals surface area (Å²) < 4.78 is 0. The largest absolute Gasteiger partial charge is 0.396 e. The minimum atomic E-state index is -0.235. The van der Waals surface area contributed by atoms with Crippen molar-refractivity contribution < 1.29 is 9.90 Å². The number of carbonyl (C=O) groups excluding carboxylic acids is 1. The number of aliphatic hydroxyl groups excluding tert-OH is 1. The van der Waals surface area contributed by atoms with Crippen LogP contribution < -0.4 is 11.3 Å². The number of thiophene rings is 1. The number of aliphatic hydroxyl groups is 1. The van der Waals surface area contributed by atoms with Gasteiger partial charge in [0, 0.05) is 12.4 Å². The van der Waals surface area contributed by atoms with Gasteiger partial charge in [-0.25, -0.2) is 5.84 Å². The molecule has 1 amide bonds. The third-order valence-electron chi connectivity index (χ3n) is 2.06. The maximum atomic E-state index is 11.4. The summed E-state index contributed by atoms with van der Waals surface area (Å²) in [7, 11) is 0. The molecule has 0 saturated heterocycles. The SMILES string of the molecule is CC(CO)CSCc1ccsc1C(=O)NN. The monoisotopic (exact) mass is 260 g/mol. The zero-order valence-corrected chi connectivity index (χ0v) is 10.7. The number of hydrogen-bond acceptors (Lipinski definition) is 5. The molecule has 0 aliphatic heterocycles. The Balaban J connectivity index is 2.48. The maximum absolute atomic E-state index is 11.4. The minimum absolute atomic E-state index is 0.201. The molecule has 1 aromatic rings. The molecule has 0 aliphatic rings. The molecule has 0 fully saturated rings. The number of nitrogens with two attached hydrogens (primary N) is 1. The lowest BCUT2D eigenvalue weighted by atomic mass is 10.2. The van der Waals surface area contributed by atoms with Crippen LogP contribution in [0, 0.1) is 5.92 Å². The van der Waals surface area contributed by atoms with Crippen LogP contribution in [0.15, 0.2) is 11.4 Å². The lowest BCUT2D eigenvalue weighted by molar-refractivity contribution is 0.0957. The Hall–Kier alpha value is -0.560. The van der Waals surface area contributed by atoms with Crippen LogP contribution in [-0.4, -0.2) is 23.4 Å². The van der Waals surface area contributed by atoms with Gasteiger partial charge in [0.2, 0.25) is 0 Å². The molecule has 6 heteroatoms. The maximum Gasteiger partial charge on any atom is 0.275 e. The number of rotatable bonds is 6. The first kappa shape index (κ1) is 13.5. The van der Waals surface area contributed by atoms with Crippen molar-refractivity contribution in [2.24, 2.45) is 11.8 Å². The average molecular weight is 260 g/mol. The zero-order valence-electron chi connectivity index (χ0n) is 9.10. The molecule has 0 spiro atoms. The van der Waals surface area contributed by atoms with Crippen LogP contribution in [0.4, 0.5) is 0 Å². The predicted molar refractivity (Wildman–Crippen MR) is 68.4 cm³/mol. The van der Waals surface area contributed by atoms with Gasteiger partial charge in [0.15, 0.2) is 0 Å². The van der Waals surface area contributed by atoms with E-state index in [0.29, 0.717) is 4.88 Å². The number of thioether (sulfide) groups is 1. The van der Waals surface area contributed by atoms with Crippen LogP contribution in [0.3, 0.4) is 0 Å². The van der Waals surface area contributed by atoms with Gasteiger partial charge in [0.05, 0.1) is 4.88 Å². The molecule has 0 saturated carbocycles. The summed E-state index contributed by atoms with van der Waals surface area (Å²) in [4.78, 5) is 12.0. The van der Waals surface area contributed by atoms with Crippen molar-refractivity contribution in [2.75, 3.05) is 12.4 Å². The Kier molecular flexibility index (Phi) is 5.83. The van der Waals surface area contributed by atoms with E-state index in [0.717, 1.165) is 17.1 Å². The van der Waals surface area contributed by atoms with E-state index in [2.05, 4.69) is 5.43 Å². The van der Waals surface area contributed by atoms with Gasteiger partial charge in [-0.1, -0.05) is 6.92 Å². The summed E-state index contributed by atoms with van der Waals surface area (Å²) >= 11 is 3.10. The third-order valence-corrected chi connectivity index (χ3v) is 4.33. The summed E-state index contributed by atoms with van der Waals surface area (Å²) in [6.07, 6.45) is 0. The highest BCUT2D eigenvalue weighted by Crippen LogP contribution is 2.22. The smallest absolute Gasteiger partial charge is 0.275 e. The van der Waals surface area contributed by atoms with Gasteiger partial charge in [-0.15, -0.1) is 11.3 Å². The van der Waals surface area contributed by atoms with Gasteiger partial charge in [0.25, 0.3) is 5.91 Å². The summed E-state index contributed by atoms with van der Waals surface area (Å²) in [6, 6.07) is 1.94. The summed E-state index contributed by atoms with van der Waals surface area (Å²) in [5.41, 5.74) is 3.14. The molecule has 90 valence electrons. The second-order valence-electron chi connectivity index (χ2n) is 3.55. The molecule has 0 aromatic carbocycles. The molecule has 1 rings (SSSR count). The second-order valence-corrected chi connectivity index (χ2v) is 5.50. The molecule has 1 aromatic heterocycles. The number of amides is 1. The van der Waals surface area contributed by atoms with Gasteiger partial charge in [-0.05, 0) is 28.7 Å². The minimum Gasteiger partial charge on any atom is -0.396 e. The van der Waals surface area contributed by atoms with Crippen molar-refractivity contribution in [1.82, 2.24) is 5.43 Å².